The molecule has 0 radical (unpaired) electrons. The van der Waals surface area contributed by atoms with Gasteiger partial charge in [0.1, 0.15) is 0 Å². The molecule has 4 rings (SSSR count). The highest BCUT2D eigenvalue weighted by molar-refractivity contribution is 5.79. The van der Waals surface area contributed by atoms with Gasteiger partial charge in [-0.3, -0.25) is 4.40 Å². The van der Waals surface area contributed by atoms with Gasteiger partial charge in [-0.25, -0.2) is 4.99 Å². The zero-order valence-corrected chi connectivity index (χ0v) is 16.0. The number of aliphatic imine (C=N–C) groups is 1. The number of rotatable bonds is 6. The Morgan fingerprint density at radius 2 is 1.96 bits per heavy atom. The van der Waals surface area contributed by atoms with Crippen LogP contribution in [0.1, 0.15) is 18.3 Å². The largest absolute Gasteiger partial charge is 0.364 e. The van der Waals surface area contributed by atoms with Crippen molar-refractivity contribution in [3.05, 3.63) is 72.2 Å². The summed E-state index contributed by atoms with van der Waals surface area (Å²) < 4.78 is 1.98. The van der Waals surface area contributed by atoms with Gasteiger partial charge in [0, 0.05) is 31.5 Å². The molecule has 0 spiro atoms. The first kappa shape index (κ1) is 18.0. The minimum Gasteiger partial charge on any atom is -0.364 e. The van der Waals surface area contributed by atoms with Gasteiger partial charge in [0.15, 0.2) is 17.4 Å². The molecule has 1 aromatic carbocycles. The summed E-state index contributed by atoms with van der Waals surface area (Å²) in [6, 6.07) is 14.5. The van der Waals surface area contributed by atoms with Crippen molar-refractivity contribution in [1.82, 2.24) is 25.2 Å². The van der Waals surface area contributed by atoms with Crippen LogP contribution in [-0.2, 0) is 13.1 Å². The van der Waals surface area contributed by atoms with Gasteiger partial charge in [0.25, 0.3) is 0 Å². The fourth-order valence-corrected chi connectivity index (χ4v) is 3.23. The molecule has 3 heterocycles. The van der Waals surface area contributed by atoms with Crippen LogP contribution in [0.3, 0.4) is 0 Å². The summed E-state index contributed by atoms with van der Waals surface area (Å²) in [7, 11) is 0. The Morgan fingerprint density at radius 1 is 1.07 bits per heavy atom. The molecule has 0 amide bonds. The maximum Gasteiger partial charge on any atom is 0.191 e. The van der Waals surface area contributed by atoms with E-state index in [1.165, 1.54) is 11.3 Å². The van der Waals surface area contributed by atoms with Gasteiger partial charge < -0.3 is 15.5 Å². The molecule has 0 aliphatic carbocycles. The van der Waals surface area contributed by atoms with E-state index in [-0.39, 0.29) is 0 Å². The lowest BCUT2D eigenvalue weighted by Gasteiger charge is -2.18. The first-order valence-electron chi connectivity index (χ1n) is 9.63. The highest BCUT2D eigenvalue weighted by atomic mass is 15.3. The number of guanidine groups is 1. The van der Waals surface area contributed by atoms with Crippen LogP contribution in [0.25, 0.3) is 5.65 Å². The number of nitrogens with zero attached hydrogens (tertiary/aromatic N) is 5. The summed E-state index contributed by atoms with van der Waals surface area (Å²) in [4.78, 5) is 7.07. The van der Waals surface area contributed by atoms with Crippen molar-refractivity contribution in [3.8, 4) is 0 Å². The number of pyridine rings is 1. The number of aromatic nitrogens is 3. The van der Waals surface area contributed by atoms with Crippen LogP contribution in [0.5, 0.6) is 0 Å². The SMILES string of the molecule is CCNC(=NCc1cccc(N2CC=CC2)c1)NCc1nnc2ccccn12. The van der Waals surface area contributed by atoms with Crippen LogP contribution in [0.4, 0.5) is 5.69 Å². The number of anilines is 1. The Morgan fingerprint density at radius 3 is 2.82 bits per heavy atom. The molecule has 3 aromatic rings. The van der Waals surface area contributed by atoms with Crippen molar-refractivity contribution >= 4 is 17.3 Å². The third-order valence-electron chi connectivity index (χ3n) is 4.66. The molecular weight excluding hydrogens is 350 g/mol. The van der Waals surface area contributed by atoms with Crippen molar-refractivity contribution in [2.45, 2.75) is 20.0 Å². The normalized spacial score (nSPS) is 14.0. The van der Waals surface area contributed by atoms with Crippen LogP contribution in [-0.4, -0.2) is 40.2 Å². The number of benzene rings is 1. The van der Waals surface area contributed by atoms with Gasteiger partial charge in [0.2, 0.25) is 0 Å². The van der Waals surface area contributed by atoms with E-state index in [1.54, 1.807) is 0 Å². The maximum atomic E-state index is 4.73. The van der Waals surface area contributed by atoms with Gasteiger partial charge in [-0.2, -0.15) is 0 Å². The molecule has 7 nitrogen and oxygen atoms in total. The molecule has 0 saturated heterocycles. The summed E-state index contributed by atoms with van der Waals surface area (Å²) >= 11 is 0. The first-order valence-corrected chi connectivity index (χ1v) is 9.63. The van der Waals surface area contributed by atoms with Crippen molar-refractivity contribution < 1.29 is 0 Å². The van der Waals surface area contributed by atoms with E-state index in [2.05, 4.69) is 69.1 Å². The Labute approximate surface area is 164 Å². The monoisotopic (exact) mass is 375 g/mol. The molecule has 1 aliphatic heterocycles. The third-order valence-corrected chi connectivity index (χ3v) is 4.66. The van der Waals surface area contributed by atoms with Crippen molar-refractivity contribution in [1.29, 1.82) is 0 Å². The van der Waals surface area contributed by atoms with E-state index in [9.17, 15) is 0 Å². The van der Waals surface area contributed by atoms with E-state index in [0.717, 1.165) is 37.1 Å². The smallest absolute Gasteiger partial charge is 0.191 e. The first-order chi connectivity index (χ1) is 13.8. The Kier molecular flexibility index (Phi) is 5.51. The minimum absolute atomic E-state index is 0.552. The number of hydrogen-bond donors (Lipinski definition) is 2. The molecule has 1 aliphatic rings. The molecular formula is C21H25N7. The summed E-state index contributed by atoms with van der Waals surface area (Å²) in [6.45, 7) is 5.98. The van der Waals surface area contributed by atoms with E-state index in [1.807, 2.05) is 28.8 Å². The van der Waals surface area contributed by atoms with Gasteiger partial charge >= 0.3 is 0 Å². The fraction of sp³-hybridized carbons (Fsp3) is 0.286. The molecule has 28 heavy (non-hydrogen) atoms. The lowest BCUT2D eigenvalue weighted by atomic mass is 10.2. The summed E-state index contributed by atoms with van der Waals surface area (Å²) in [5.74, 6) is 1.62. The predicted octanol–water partition coefficient (Wildman–Crippen LogP) is 2.36. The summed E-state index contributed by atoms with van der Waals surface area (Å²) in [5, 5.41) is 15.1. The minimum atomic E-state index is 0.552. The third kappa shape index (κ3) is 4.14. The molecule has 0 unspecified atom stereocenters. The standard InChI is InChI=1S/C21H25N7/c1-2-22-21(24-16-20-26-25-19-10-3-4-13-28(19)20)23-15-17-8-7-9-18(14-17)27-11-5-6-12-27/h3-10,13-14H,2,11-12,15-16H2,1H3,(H2,22,23,24). The van der Waals surface area contributed by atoms with Gasteiger partial charge in [-0.05, 0) is 36.8 Å². The zero-order valence-electron chi connectivity index (χ0n) is 16.0. The quantitative estimate of drug-likeness (QED) is 0.393. The van der Waals surface area contributed by atoms with Crippen molar-refractivity contribution in [2.75, 3.05) is 24.5 Å². The molecule has 144 valence electrons. The zero-order chi connectivity index (χ0) is 19.2. The predicted molar refractivity (Wildman–Crippen MR) is 112 cm³/mol. The Bertz CT molecular complexity index is 981. The lowest BCUT2D eigenvalue weighted by molar-refractivity contribution is 0.765. The molecule has 0 bridgehead atoms. The van der Waals surface area contributed by atoms with Crippen LogP contribution in [0.15, 0.2) is 65.8 Å². The molecule has 2 aromatic heterocycles. The van der Waals surface area contributed by atoms with Gasteiger partial charge in [0.05, 0.1) is 13.1 Å². The second-order valence-electron chi connectivity index (χ2n) is 6.64. The van der Waals surface area contributed by atoms with Crippen LogP contribution >= 0.6 is 0 Å². The van der Waals surface area contributed by atoms with Gasteiger partial charge in [-0.1, -0.05) is 30.4 Å². The van der Waals surface area contributed by atoms with Gasteiger partial charge in [-0.15, -0.1) is 10.2 Å². The second kappa shape index (κ2) is 8.56. The van der Waals surface area contributed by atoms with Crippen LogP contribution in [0, 0.1) is 0 Å². The summed E-state index contributed by atoms with van der Waals surface area (Å²) in [6.07, 6.45) is 6.37. The lowest BCUT2D eigenvalue weighted by Crippen LogP contribution is -2.37. The molecule has 2 N–H and O–H groups in total. The summed E-state index contributed by atoms with van der Waals surface area (Å²) in [5.41, 5.74) is 3.27. The van der Waals surface area contributed by atoms with E-state index in [4.69, 9.17) is 4.99 Å². The average Bonchev–Trinajstić information content (AvgIpc) is 3.41. The average molecular weight is 375 g/mol. The van der Waals surface area contributed by atoms with Crippen LogP contribution in [0.2, 0.25) is 0 Å². The molecule has 0 atom stereocenters. The van der Waals surface area contributed by atoms with Crippen molar-refractivity contribution in [2.24, 2.45) is 4.99 Å². The Hall–Kier alpha value is -3.35. The second-order valence-corrected chi connectivity index (χ2v) is 6.64. The number of nitrogens with one attached hydrogen (secondary N) is 2. The Balaban J connectivity index is 1.42. The molecule has 0 saturated carbocycles. The van der Waals surface area contributed by atoms with Crippen molar-refractivity contribution in [3.63, 3.8) is 0 Å². The van der Waals surface area contributed by atoms with E-state index < -0.39 is 0 Å². The highest BCUT2D eigenvalue weighted by Crippen LogP contribution is 2.18. The highest BCUT2D eigenvalue weighted by Gasteiger charge is 2.08. The number of hydrogen-bond acceptors (Lipinski definition) is 4. The molecule has 0 fully saturated rings. The van der Waals surface area contributed by atoms with Crippen LogP contribution < -0.4 is 15.5 Å². The van der Waals surface area contributed by atoms with E-state index >= 15 is 0 Å². The number of fused-ring (bicyclic) bond motifs is 1. The molecule has 7 heteroatoms. The maximum absolute atomic E-state index is 4.73. The van der Waals surface area contributed by atoms with E-state index in [0.29, 0.717) is 13.1 Å². The fourth-order valence-electron chi connectivity index (χ4n) is 3.23. The topological polar surface area (TPSA) is 69.8 Å².